The van der Waals surface area contributed by atoms with Crippen LogP contribution in [0.1, 0.15) is 0 Å². The second-order valence-electron chi connectivity index (χ2n) is 1.71. The average molecular weight is 110 g/mol. The van der Waals surface area contributed by atoms with Crippen molar-refractivity contribution in [3.05, 3.63) is 24.2 Å². The number of hydrogen-bond donors (Lipinski definition) is 0. The summed E-state index contributed by atoms with van der Waals surface area (Å²) in [6, 6.07) is 0. The predicted molar refractivity (Wildman–Crippen MR) is 38.6 cm³/mol. The molecule has 1 rings (SSSR count). The van der Waals surface area contributed by atoms with Crippen molar-refractivity contribution in [2.24, 2.45) is 0 Å². The van der Waals surface area contributed by atoms with Gasteiger partial charge in [0.25, 0.3) is 0 Å². The van der Waals surface area contributed by atoms with Crippen LogP contribution >= 0.6 is 9.12 Å². The van der Waals surface area contributed by atoms with Gasteiger partial charge in [0.2, 0.25) is 0 Å². The molecule has 0 N–H and O–H groups in total. The zero-order valence-electron chi connectivity index (χ0n) is 4.17. The maximum absolute atomic E-state index is 2.77. The van der Waals surface area contributed by atoms with Crippen molar-refractivity contribution in [1.82, 2.24) is 0 Å². The van der Waals surface area contributed by atoms with Crippen molar-refractivity contribution in [2.45, 2.75) is 6.32 Å². The normalized spacial score (nSPS) is 18.1. The van der Waals surface area contributed by atoms with Crippen LogP contribution in [0.2, 0.25) is 6.32 Å². The molecule has 1 unspecified atom stereocenters. The summed E-state index contributed by atoms with van der Waals surface area (Å²) in [5.41, 5.74) is 0. The van der Waals surface area contributed by atoms with Crippen molar-refractivity contribution in [2.75, 3.05) is 0 Å². The van der Waals surface area contributed by atoms with Crippen LogP contribution in [-0.4, -0.2) is 6.43 Å². The van der Waals surface area contributed by atoms with Crippen LogP contribution in [0.4, 0.5) is 0 Å². The highest BCUT2D eigenvalue weighted by Crippen LogP contribution is 2.07. The van der Waals surface area contributed by atoms with E-state index in [9.17, 15) is 0 Å². The third-order valence-corrected chi connectivity index (χ3v) is 1.51. The molecule has 1 aliphatic heterocycles. The third kappa shape index (κ3) is 1.48. The molecule has 0 amide bonds. The van der Waals surface area contributed by atoms with Gasteiger partial charge in [-0.1, -0.05) is 18.2 Å². The Bertz CT molecular complexity index is 107. The summed E-state index contributed by atoms with van der Waals surface area (Å²) in [4.78, 5) is 0. The topological polar surface area (TPSA) is 0 Å². The number of rotatable bonds is 0. The lowest BCUT2D eigenvalue weighted by Crippen LogP contribution is -1.96. The molecule has 1 aliphatic rings. The Labute approximate surface area is 46.9 Å². The molecule has 0 bridgehead atoms. The lowest BCUT2D eigenvalue weighted by molar-refractivity contribution is 1.64. The Morgan fingerprint density at radius 3 is 2.57 bits per heavy atom. The SMILES string of the molecule is PB1C=CC=CC1. The molecule has 0 spiro atoms. The van der Waals surface area contributed by atoms with E-state index in [0.29, 0.717) is 6.43 Å². The molecule has 36 valence electrons. The summed E-state index contributed by atoms with van der Waals surface area (Å²) in [7, 11) is 2.77. The van der Waals surface area contributed by atoms with Crippen molar-refractivity contribution in [1.29, 1.82) is 0 Å². The minimum atomic E-state index is 0.685. The minimum absolute atomic E-state index is 0.685. The van der Waals surface area contributed by atoms with Crippen LogP contribution in [0.5, 0.6) is 0 Å². The first-order valence-electron chi connectivity index (χ1n) is 2.48. The fraction of sp³-hybridized carbons (Fsp3) is 0.200. The summed E-state index contributed by atoms with van der Waals surface area (Å²) in [6.45, 7) is 0. The van der Waals surface area contributed by atoms with Crippen molar-refractivity contribution >= 4 is 15.6 Å². The molecule has 1 heterocycles. The van der Waals surface area contributed by atoms with E-state index < -0.39 is 0 Å². The minimum Gasteiger partial charge on any atom is -0.166 e. The molecule has 0 nitrogen and oxygen atoms in total. The third-order valence-electron chi connectivity index (χ3n) is 1.01. The van der Waals surface area contributed by atoms with Gasteiger partial charge in [0, 0.05) is 0 Å². The maximum atomic E-state index is 2.77. The molecule has 2 heteroatoms. The molecule has 0 aromatic rings. The molecule has 0 aromatic carbocycles. The predicted octanol–water partition coefficient (Wildman–Crippen LogP) is 1.52. The molecule has 0 radical (unpaired) electrons. The zero-order valence-corrected chi connectivity index (χ0v) is 5.33. The van der Waals surface area contributed by atoms with Crippen molar-refractivity contribution in [3.8, 4) is 0 Å². The first kappa shape index (κ1) is 5.12. The van der Waals surface area contributed by atoms with E-state index in [-0.39, 0.29) is 0 Å². The Kier molecular flexibility index (Phi) is 1.70. The van der Waals surface area contributed by atoms with E-state index in [4.69, 9.17) is 0 Å². The van der Waals surface area contributed by atoms with Gasteiger partial charge in [-0.3, -0.25) is 0 Å². The van der Waals surface area contributed by atoms with E-state index in [2.05, 4.69) is 33.3 Å². The van der Waals surface area contributed by atoms with Gasteiger partial charge in [-0.25, -0.2) is 0 Å². The summed E-state index contributed by atoms with van der Waals surface area (Å²) < 4.78 is 0. The van der Waals surface area contributed by atoms with E-state index >= 15 is 0 Å². The summed E-state index contributed by atoms with van der Waals surface area (Å²) in [5, 5.41) is 0. The van der Waals surface area contributed by atoms with Gasteiger partial charge in [0.05, 0.1) is 0 Å². The maximum Gasteiger partial charge on any atom is 0.193 e. The van der Waals surface area contributed by atoms with Gasteiger partial charge < -0.3 is 0 Å². The molecule has 0 aromatic heterocycles. The van der Waals surface area contributed by atoms with Gasteiger partial charge >= 0.3 is 0 Å². The zero-order chi connectivity index (χ0) is 5.11. The van der Waals surface area contributed by atoms with Crippen molar-refractivity contribution in [3.63, 3.8) is 0 Å². The number of allylic oxidation sites excluding steroid dienone is 3. The highest BCUT2D eigenvalue weighted by Gasteiger charge is 1.99. The van der Waals surface area contributed by atoms with Gasteiger partial charge in [0.1, 0.15) is 0 Å². The summed E-state index contributed by atoms with van der Waals surface area (Å²) in [6.07, 6.45) is 8.21. The Morgan fingerprint density at radius 2 is 2.29 bits per heavy atom. The van der Waals surface area contributed by atoms with E-state index in [1.165, 1.54) is 6.32 Å². The standard InChI is InChI=1S/C5H8BP/c7-6-4-2-1-3-5-6/h1-4H,5,7H2. The molecule has 0 saturated heterocycles. The fourth-order valence-electron chi connectivity index (χ4n) is 0.600. The van der Waals surface area contributed by atoms with Crippen LogP contribution in [0, 0.1) is 0 Å². The quantitative estimate of drug-likeness (QED) is 0.327. The van der Waals surface area contributed by atoms with Gasteiger partial charge in [0.15, 0.2) is 6.43 Å². The first-order valence-corrected chi connectivity index (χ1v) is 3.15. The second-order valence-corrected chi connectivity index (χ2v) is 2.57. The van der Waals surface area contributed by atoms with Crippen LogP contribution in [-0.2, 0) is 0 Å². The highest BCUT2D eigenvalue weighted by molar-refractivity contribution is 7.63. The van der Waals surface area contributed by atoms with Crippen LogP contribution in [0.3, 0.4) is 0 Å². The summed E-state index contributed by atoms with van der Waals surface area (Å²) >= 11 is 0. The largest absolute Gasteiger partial charge is 0.193 e. The fourth-order valence-corrected chi connectivity index (χ4v) is 0.885. The van der Waals surface area contributed by atoms with Gasteiger partial charge in [-0.15, -0.1) is 5.98 Å². The Hall–Kier alpha value is -0.0251. The highest BCUT2D eigenvalue weighted by atomic mass is 31.0. The van der Waals surface area contributed by atoms with E-state index in [1.54, 1.807) is 0 Å². The monoisotopic (exact) mass is 110 g/mol. The lowest BCUT2D eigenvalue weighted by Gasteiger charge is -1.97. The molecule has 7 heavy (non-hydrogen) atoms. The van der Waals surface area contributed by atoms with E-state index in [0.717, 1.165) is 0 Å². The van der Waals surface area contributed by atoms with Crippen molar-refractivity contribution < 1.29 is 0 Å². The van der Waals surface area contributed by atoms with Crippen LogP contribution in [0.15, 0.2) is 24.2 Å². The molecule has 0 aliphatic carbocycles. The number of hydrogen-bond acceptors (Lipinski definition) is 0. The average Bonchev–Trinajstić information content (AvgIpc) is 1.69. The molecule has 0 saturated carbocycles. The van der Waals surface area contributed by atoms with Crippen LogP contribution in [0.25, 0.3) is 0 Å². The molecule has 1 atom stereocenters. The van der Waals surface area contributed by atoms with E-state index in [1.807, 2.05) is 0 Å². The lowest BCUT2D eigenvalue weighted by atomic mass is 9.70. The second kappa shape index (κ2) is 2.33. The molecular formula is C5H8BP. The summed E-state index contributed by atoms with van der Waals surface area (Å²) in [5.74, 6) is 2.19. The first-order chi connectivity index (χ1) is 3.39. The molecule has 0 fully saturated rings. The van der Waals surface area contributed by atoms with Crippen LogP contribution < -0.4 is 0 Å². The van der Waals surface area contributed by atoms with Gasteiger partial charge in [-0.05, 0) is 6.32 Å². The Balaban J connectivity index is 2.49. The molecular weight excluding hydrogens is 102 g/mol. The smallest absolute Gasteiger partial charge is 0.166 e. The Morgan fingerprint density at radius 1 is 1.43 bits per heavy atom. The van der Waals surface area contributed by atoms with Gasteiger partial charge in [-0.2, -0.15) is 9.12 Å².